The lowest BCUT2D eigenvalue weighted by Gasteiger charge is -2.11. The Labute approximate surface area is 117 Å². The van der Waals surface area contributed by atoms with Crippen molar-refractivity contribution < 1.29 is 4.79 Å². The summed E-state index contributed by atoms with van der Waals surface area (Å²) in [5, 5.41) is 5.56. The second-order valence-electron chi connectivity index (χ2n) is 4.57. The van der Waals surface area contributed by atoms with Crippen molar-refractivity contribution in [1.29, 1.82) is 0 Å². The van der Waals surface area contributed by atoms with E-state index in [0.717, 1.165) is 0 Å². The molecule has 0 aliphatic carbocycles. The average molecular weight is 274 g/mol. The highest BCUT2D eigenvalue weighted by molar-refractivity contribution is 5.74. The predicted octanol–water partition coefficient (Wildman–Crippen LogP) is 1.05. The number of urea groups is 1. The number of carbonyl (C=O) groups is 1. The molecule has 0 aromatic carbocycles. The monoisotopic (exact) mass is 274 g/mol. The first-order valence-corrected chi connectivity index (χ1v) is 6.49. The van der Waals surface area contributed by atoms with Gasteiger partial charge in [0.1, 0.15) is 0 Å². The van der Waals surface area contributed by atoms with Gasteiger partial charge in [0.05, 0.1) is 0 Å². The number of carbonyl (C=O) groups excluding carboxylic acids is 1. The van der Waals surface area contributed by atoms with Gasteiger partial charge in [0.25, 0.3) is 0 Å². The first-order chi connectivity index (χ1) is 9.66. The van der Waals surface area contributed by atoms with E-state index in [-0.39, 0.29) is 12.1 Å². The van der Waals surface area contributed by atoms with Crippen LogP contribution in [0.25, 0.3) is 11.6 Å². The molecule has 2 aromatic heterocycles. The summed E-state index contributed by atoms with van der Waals surface area (Å²) >= 11 is 0. The maximum atomic E-state index is 11.5. The molecular weight excluding hydrogens is 256 g/mol. The number of imidazole rings is 1. The Morgan fingerprint density at radius 1 is 1.25 bits per heavy atom. The van der Waals surface area contributed by atoms with Gasteiger partial charge in [-0.05, 0) is 19.9 Å². The van der Waals surface area contributed by atoms with E-state index >= 15 is 0 Å². The largest absolute Gasteiger partial charge is 0.336 e. The van der Waals surface area contributed by atoms with Gasteiger partial charge < -0.3 is 15.2 Å². The van der Waals surface area contributed by atoms with Gasteiger partial charge in [0.15, 0.2) is 11.6 Å². The Morgan fingerprint density at radius 3 is 2.70 bits per heavy atom. The highest BCUT2D eigenvalue weighted by Crippen LogP contribution is 2.10. The highest BCUT2D eigenvalue weighted by Gasteiger charge is 2.08. The van der Waals surface area contributed by atoms with Gasteiger partial charge in [-0.2, -0.15) is 0 Å². The molecule has 20 heavy (non-hydrogen) atoms. The summed E-state index contributed by atoms with van der Waals surface area (Å²) in [6.07, 6.45) is 6.89. The number of hydrogen-bond donors (Lipinski definition) is 2. The first-order valence-electron chi connectivity index (χ1n) is 6.49. The summed E-state index contributed by atoms with van der Waals surface area (Å²) in [6, 6.07) is 1.71. The van der Waals surface area contributed by atoms with Gasteiger partial charge in [-0.15, -0.1) is 0 Å². The molecule has 2 rings (SSSR count). The van der Waals surface area contributed by atoms with Crippen molar-refractivity contribution in [2.75, 3.05) is 6.54 Å². The van der Waals surface area contributed by atoms with Crippen LogP contribution in [0.1, 0.15) is 13.8 Å². The first kappa shape index (κ1) is 14.0. The number of rotatable bonds is 5. The van der Waals surface area contributed by atoms with Gasteiger partial charge in [0, 0.05) is 43.9 Å². The van der Waals surface area contributed by atoms with Crippen molar-refractivity contribution in [2.24, 2.45) is 0 Å². The molecule has 2 N–H and O–H groups in total. The lowest BCUT2D eigenvalue weighted by atomic mass is 10.4. The summed E-state index contributed by atoms with van der Waals surface area (Å²) < 4.78 is 1.91. The molecule has 0 aliphatic heterocycles. The van der Waals surface area contributed by atoms with Crippen molar-refractivity contribution in [3.63, 3.8) is 0 Å². The molecule has 2 amide bonds. The number of aromatic nitrogens is 4. The number of amides is 2. The SMILES string of the molecule is CC(C)NC(=O)NCCn1ccnc1-c1ncccn1. The molecule has 0 radical (unpaired) electrons. The zero-order valence-electron chi connectivity index (χ0n) is 11.6. The van der Waals surface area contributed by atoms with Crippen LogP contribution in [0.3, 0.4) is 0 Å². The summed E-state index contributed by atoms with van der Waals surface area (Å²) in [5.74, 6) is 1.26. The fraction of sp³-hybridized carbons (Fsp3) is 0.385. The summed E-state index contributed by atoms with van der Waals surface area (Å²) in [4.78, 5) is 24.0. The summed E-state index contributed by atoms with van der Waals surface area (Å²) in [5.41, 5.74) is 0. The third-order valence-corrected chi connectivity index (χ3v) is 2.54. The van der Waals surface area contributed by atoms with Crippen molar-refractivity contribution >= 4 is 6.03 Å². The van der Waals surface area contributed by atoms with Crippen LogP contribution in [0.5, 0.6) is 0 Å². The second-order valence-corrected chi connectivity index (χ2v) is 4.57. The Kier molecular flexibility index (Phi) is 4.65. The van der Waals surface area contributed by atoms with Crippen molar-refractivity contribution in [2.45, 2.75) is 26.4 Å². The minimum atomic E-state index is -0.169. The second kappa shape index (κ2) is 6.65. The quantitative estimate of drug-likeness (QED) is 0.853. The van der Waals surface area contributed by atoms with Crippen LogP contribution in [0.2, 0.25) is 0 Å². The topological polar surface area (TPSA) is 84.7 Å². The van der Waals surface area contributed by atoms with Gasteiger partial charge in [-0.1, -0.05) is 0 Å². The zero-order chi connectivity index (χ0) is 14.4. The molecule has 0 saturated heterocycles. The average Bonchev–Trinajstić information content (AvgIpc) is 2.87. The molecule has 0 spiro atoms. The molecule has 2 aromatic rings. The van der Waals surface area contributed by atoms with Crippen LogP contribution < -0.4 is 10.6 Å². The molecule has 0 fully saturated rings. The van der Waals surface area contributed by atoms with E-state index in [1.54, 1.807) is 24.7 Å². The molecule has 106 valence electrons. The third-order valence-electron chi connectivity index (χ3n) is 2.54. The zero-order valence-corrected chi connectivity index (χ0v) is 11.6. The normalized spacial score (nSPS) is 10.6. The number of hydrogen-bond acceptors (Lipinski definition) is 4. The Morgan fingerprint density at radius 2 is 2.00 bits per heavy atom. The molecule has 0 aliphatic rings. The third kappa shape index (κ3) is 3.78. The van der Waals surface area contributed by atoms with E-state index in [4.69, 9.17) is 0 Å². The van der Waals surface area contributed by atoms with Crippen LogP contribution in [0.15, 0.2) is 30.9 Å². The molecular formula is C13H18N6O. The van der Waals surface area contributed by atoms with E-state index in [1.165, 1.54) is 0 Å². The highest BCUT2D eigenvalue weighted by atomic mass is 16.2. The van der Waals surface area contributed by atoms with E-state index < -0.39 is 0 Å². The Balaban J connectivity index is 1.92. The molecule has 0 unspecified atom stereocenters. The maximum absolute atomic E-state index is 11.5. The summed E-state index contributed by atoms with van der Waals surface area (Å²) in [7, 11) is 0. The predicted molar refractivity (Wildman–Crippen MR) is 74.9 cm³/mol. The van der Waals surface area contributed by atoms with E-state index in [0.29, 0.717) is 24.7 Å². The minimum absolute atomic E-state index is 0.122. The van der Waals surface area contributed by atoms with Crippen molar-refractivity contribution in [3.8, 4) is 11.6 Å². The fourth-order valence-electron chi connectivity index (χ4n) is 1.71. The smallest absolute Gasteiger partial charge is 0.315 e. The van der Waals surface area contributed by atoms with Crippen LogP contribution >= 0.6 is 0 Å². The summed E-state index contributed by atoms with van der Waals surface area (Å²) in [6.45, 7) is 4.95. The van der Waals surface area contributed by atoms with Crippen LogP contribution in [0, 0.1) is 0 Å². The lowest BCUT2D eigenvalue weighted by Crippen LogP contribution is -2.40. The number of nitrogens with one attached hydrogen (secondary N) is 2. The van der Waals surface area contributed by atoms with E-state index in [9.17, 15) is 4.79 Å². The lowest BCUT2D eigenvalue weighted by molar-refractivity contribution is 0.238. The Bertz CT molecular complexity index is 551. The molecule has 0 saturated carbocycles. The molecule has 2 heterocycles. The van der Waals surface area contributed by atoms with Crippen molar-refractivity contribution in [1.82, 2.24) is 30.2 Å². The molecule has 7 nitrogen and oxygen atoms in total. The van der Waals surface area contributed by atoms with Gasteiger partial charge in [0.2, 0.25) is 0 Å². The van der Waals surface area contributed by atoms with Crippen LogP contribution in [-0.4, -0.2) is 38.1 Å². The minimum Gasteiger partial charge on any atom is -0.336 e. The fourth-order valence-corrected chi connectivity index (χ4v) is 1.71. The van der Waals surface area contributed by atoms with E-state index in [1.807, 2.05) is 24.6 Å². The molecule has 0 atom stereocenters. The van der Waals surface area contributed by atoms with Crippen LogP contribution in [-0.2, 0) is 6.54 Å². The maximum Gasteiger partial charge on any atom is 0.315 e. The number of nitrogens with zero attached hydrogens (tertiary/aromatic N) is 4. The molecule has 0 bridgehead atoms. The molecule has 7 heteroatoms. The Hall–Kier alpha value is -2.44. The van der Waals surface area contributed by atoms with Gasteiger partial charge in [-0.25, -0.2) is 19.7 Å². The standard InChI is InChI=1S/C13H18N6O/c1-10(2)18-13(20)17-7-9-19-8-6-16-12(19)11-14-4-3-5-15-11/h3-6,8,10H,7,9H2,1-2H3,(H2,17,18,20). The van der Waals surface area contributed by atoms with Crippen LogP contribution in [0.4, 0.5) is 4.79 Å². The van der Waals surface area contributed by atoms with Gasteiger partial charge >= 0.3 is 6.03 Å². The van der Waals surface area contributed by atoms with Gasteiger partial charge in [-0.3, -0.25) is 0 Å². The van der Waals surface area contributed by atoms with E-state index in [2.05, 4.69) is 25.6 Å². The van der Waals surface area contributed by atoms with Crippen molar-refractivity contribution in [3.05, 3.63) is 30.9 Å².